The number of carbonyl (C=O) groups is 2. The number of hydrazone groups is 1. The lowest BCUT2D eigenvalue weighted by molar-refractivity contribution is -0.141. The Hall–Kier alpha value is -2.56. The van der Waals surface area contributed by atoms with Gasteiger partial charge in [-0.15, -0.1) is 10.2 Å². The minimum Gasteiger partial charge on any atom is -0.481 e. The van der Waals surface area contributed by atoms with E-state index in [4.69, 9.17) is 5.11 Å². The van der Waals surface area contributed by atoms with Crippen LogP contribution in [0.1, 0.15) is 134 Å². The summed E-state index contributed by atoms with van der Waals surface area (Å²) in [6.45, 7) is 3.10. The van der Waals surface area contributed by atoms with E-state index >= 15 is 0 Å². The van der Waals surface area contributed by atoms with E-state index in [1.807, 2.05) is 0 Å². The second-order valence-electron chi connectivity index (χ2n) is 10.6. The zero-order valence-corrected chi connectivity index (χ0v) is 23.3. The molecule has 0 bridgehead atoms. The largest absolute Gasteiger partial charge is 0.481 e. The quantitative estimate of drug-likeness (QED) is 0.120. The first-order valence-corrected chi connectivity index (χ1v) is 14.8. The minimum atomic E-state index is -0.744. The number of rotatable bonds is 24. The maximum atomic E-state index is 11.9. The molecule has 5 N–H and O–H groups in total. The number of nitrogens with one attached hydrogen (secondary N) is 4. The van der Waals surface area contributed by atoms with E-state index in [-0.39, 0.29) is 17.7 Å². The van der Waals surface area contributed by atoms with Gasteiger partial charge in [-0.1, -0.05) is 95.6 Å². The van der Waals surface area contributed by atoms with Crippen molar-refractivity contribution in [2.75, 3.05) is 13.1 Å². The van der Waals surface area contributed by atoms with E-state index in [1.54, 1.807) is 6.92 Å². The first kappa shape index (κ1) is 31.7. The summed E-state index contributed by atoms with van der Waals surface area (Å²) in [5.74, 6) is -0.0604. The molecule has 38 heavy (non-hydrogen) atoms. The second kappa shape index (κ2) is 20.4. The molecule has 1 amide bonds. The van der Waals surface area contributed by atoms with Crippen molar-refractivity contribution >= 4 is 17.6 Å². The van der Waals surface area contributed by atoms with E-state index in [0.29, 0.717) is 19.4 Å². The Kier molecular flexibility index (Phi) is 17.0. The predicted molar refractivity (Wildman–Crippen MR) is 148 cm³/mol. The van der Waals surface area contributed by atoms with Gasteiger partial charge >= 0.3 is 5.97 Å². The monoisotopic (exact) mass is 534 g/mol. The van der Waals surface area contributed by atoms with Crippen LogP contribution in [-0.4, -0.2) is 56.4 Å². The third-order valence-corrected chi connectivity index (χ3v) is 7.33. The number of hydrogen-bond acceptors (Lipinski definition) is 8. The number of amides is 1. The summed E-state index contributed by atoms with van der Waals surface area (Å²) >= 11 is 0. The van der Waals surface area contributed by atoms with E-state index in [0.717, 1.165) is 56.6 Å². The highest BCUT2D eigenvalue weighted by molar-refractivity contribution is 5.92. The van der Waals surface area contributed by atoms with Gasteiger partial charge in [-0.2, -0.15) is 10.3 Å². The molecular weight excluding hydrogens is 484 g/mol. The van der Waals surface area contributed by atoms with Crippen LogP contribution < -0.4 is 16.3 Å². The van der Waals surface area contributed by atoms with E-state index in [9.17, 15) is 9.59 Å². The molecule has 11 heteroatoms. The Balaban J connectivity index is 1.31. The number of H-pyrrole nitrogens is 1. The molecule has 1 aliphatic heterocycles. The van der Waals surface area contributed by atoms with Crippen LogP contribution in [0.5, 0.6) is 0 Å². The Morgan fingerprint density at radius 3 is 2.03 bits per heavy atom. The van der Waals surface area contributed by atoms with Crippen LogP contribution in [0, 0.1) is 5.92 Å². The van der Waals surface area contributed by atoms with Gasteiger partial charge in [-0.3, -0.25) is 9.59 Å². The Bertz CT molecular complexity index is 787. The minimum absolute atomic E-state index is 0.126. The highest BCUT2D eigenvalue weighted by Gasteiger charge is 2.24. The molecule has 0 aliphatic carbocycles. The summed E-state index contributed by atoms with van der Waals surface area (Å²) in [4.78, 5) is 22.7. The maximum Gasteiger partial charge on any atom is 0.306 e. The number of tetrazole rings is 1. The molecule has 2 atom stereocenters. The molecular formula is C27H50N8O3. The van der Waals surface area contributed by atoms with E-state index < -0.39 is 5.97 Å². The predicted octanol–water partition coefficient (Wildman–Crippen LogP) is 4.61. The highest BCUT2D eigenvalue weighted by atomic mass is 16.4. The number of carbonyl (C=O) groups excluding carboxylic acids is 1. The number of carboxylic acid groups (broad SMARTS) is 1. The normalized spacial score (nSPS) is 14.6. The first-order valence-electron chi connectivity index (χ1n) is 14.8. The molecule has 0 radical (unpaired) electrons. The van der Waals surface area contributed by atoms with Gasteiger partial charge in [0.1, 0.15) is 0 Å². The fourth-order valence-electron chi connectivity index (χ4n) is 4.84. The van der Waals surface area contributed by atoms with Crippen molar-refractivity contribution in [3.63, 3.8) is 0 Å². The molecule has 2 rings (SSSR count). The molecule has 0 aromatic carbocycles. The second-order valence-corrected chi connectivity index (χ2v) is 10.6. The van der Waals surface area contributed by atoms with Crippen LogP contribution in [-0.2, 0) is 9.59 Å². The third kappa shape index (κ3) is 14.4. The average molecular weight is 535 g/mol. The van der Waals surface area contributed by atoms with Crippen LogP contribution in [0.4, 0.5) is 0 Å². The SMILES string of the molecule is C[C@@H](CCCCNC(=O)CCCCCCCCCCCCCCCC(C1=NNNC1)c1nn[nH]n1)C(=O)O. The smallest absolute Gasteiger partial charge is 0.306 e. The van der Waals surface area contributed by atoms with Crippen LogP contribution in [0.2, 0.25) is 0 Å². The van der Waals surface area contributed by atoms with Crippen molar-refractivity contribution in [3.05, 3.63) is 5.82 Å². The summed E-state index contributed by atoms with van der Waals surface area (Å²) < 4.78 is 0. The van der Waals surface area contributed by atoms with Gasteiger partial charge in [-0.05, 0) is 25.7 Å². The van der Waals surface area contributed by atoms with Gasteiger partial charge in [0, 0.05) is 13.0 Å². The molecule has 2 heterocycles. The number of nitrogens with zero attached hydrogens (tertiary/aromatic N) is 4. The summed E-state index contributed by atoms with van der Waals surface area (Å²) in [5.41, 5.74) is 6.87. The average Bonchev–Trinajstić information content (AvgIpc) is 3.63. The lowest BCUT2D eigenvalue weighted by Crippen LogP contribution is -2.24. The topological polar surface area (TPSA) is 157 Å². The number of aromatic amines is 1. The zero-order chi connectivity index (χ0) is 27.3. The van der Waals surface area contributed by atoms with Crippen molar-refractivity contribution in [1.29, 1.82) is 0 Å². The zero-order valence-electron chi connectivity index (χ0n) is 23.3. The number of hydrazine groups is 1. The van der Waals surface area contributed by atoms with Crippen LogP contribution in [0.25, 0.3) is 0 Å². The fraction of sp³-hybridized carbons (Fsp3) is 0.852. The number of aromatic nitrogens is 4. The maximum absolute atomic E-state index is 11.9. The number of hydrogen-bond donors (Lipinski definition) is 5. The van der Waals surface area contributed by atoms with Gasteiger partial charge in [0.2, 0.25) is 5.91 Å². The van der Waals surface area contributed by atoms with E-state index in [1.165, 1.54) is 64.2 Å². The highest BCUT2D eigenvalue weighted by Crippen LogP contribution is 2.22. The molecule has 0 saturated carbocycles. The fourth-order valence-corrected chi connectivity index (χ4v) is 4.84. The van der Waals surface area contributed by atoms with Crippen molar-refractivity contribution < 1.29 is 14.7 Å². The van der Waals surface area contributed by atoms with Gasteiger partial charge in [0.15, 0.2) is 5.82 Å². The molecule has 11 nitrogen and oxygen atoms in total. The molecule has 1 unspecified atom stereocenters. The molecule has 1 aromatic rings. The van der Waals surface area contributed by atoms with Crippen LogP contribution >= 0.6 is 0 Å². The molecule has 0 saturated heterocycles. The summed E-state index contributed by atoms with van der Waals surface area (Å²) in [5, 5.41) is 30.7. The van der Waals surface area contributed by atoms with Gasteiger partial charge in [0.25, 0.3) is 0 Å². The van der Waals surface area contributed by atoms with Crippen molar-refractivity contribution in [2.24, 2.45) is 11.0 Å². The number of aliphatic carboxylic acids is 1. The summed E-state index contributed by atoms with van der Waals surface area (Å²) in [7, 11) is 0. The number of carboxylic acids is 1. The summed E-state index contributed by atoms with van der Waals surface area (Å²) in [6.07, 6.45) is 20.1. The van der Waals surface area contributed by atoms with Crippen LogP contribution in [0.3, 0.4) is 0 Å². The molecule has 0 spiro atoms. The first-order chi connectivity index (χ1) is 18.6. The third-order valence-electron chi connectivity index (χ3n) is 7.33. The standard InChI is InChI=1S/C27H50N8O3/c1-22(27(37)38)17-15-16-20-28-25(36)19-14-12-10-8-6-4-2-3-5-7-9-11-13-18-23(24-21-29-33-30-24)26-31-34-35-32-26/h22-23,29,33H,2-21H2,1H3,(H,28,36)(H,37,38)(H,31,32,34,35)/t22-,23?/m0/s1. The lowest BCUT2D eigenvalue weighted by Gasteiger charge is -2.11. The van der Waals surface area contributed by atoms with Crippen molar-refractivity contribution in [1.82, 2.24) is 36.9 Å². The molecule has 216 valence electrons. The van der Waals surface area contributed by atoms with Gasteiger partial charge in [-0.25, -0.2) is 11.0 Å². The van der Waals surface area contributed by atoms with Gasteiger partial charge in [0.05, 0.1) is 24.1 Å². The Morgan fingerprint density at radius 2 is 1.47 bits per heavy atom. The van der Waals surface area contributed by atoms with Crippen molar-refractivity contribution in [2.45, 2.75) is 128 Å². The molecule has 1 aromatic heterocycles. The molecule has 1 aliphatic rings. The Morgan fingerprint density at radius 1 is 0.868 bits per heavy atom. The molecule has 0 fully saturated rings. The van der Waals surface area contributed by atoms with Gasteiger partial charge < -0.3 is 10.4 Å². The number of unbranched alkanes of at least 4 members (excludes halogenated alkanes) is 13. The van der Waals surface area contributed by atoms with E-state index in [2.05, 4.69) is 42.0 Å². The van der Waals surface area contributed by atoms with Crippen molar-refractivity contribution in [3.8, 4) is 0 Å². The Labute approximate surface area is 227 Å². The van der Waals surface area contributed by atoms with Crippen LogP contribution in [0.15, 0.2) is 5.10 Å². The lowest BCUT2D eigenvalue weighted by atomic mass is 9.94. The summed E-state index contributed by atoms with van der Waals surface area (Å²) in [6, 6.07) is 0.